The van der Waals surface area contributed by atoms with Crippen molar-refractivity contribution in [3.8, 4) is 0 Å². The molecule has 1 saturated heterocycles. The van der Waals surface area contributed by atoms with Gasteiger partial charge in [-0.1, -0.05) is 18.2 Å². The van der Waals surface area contributed by atoms with Gasteiger partial charge in [-0.2, -0.15) is 0 Å². The van der Waals surface area contributed by atoms with Crippen molar-refractivity contribution < 1.29 is 5.11 Å². The molecule has 4 heteroatoms. The first-order valence-electron chi connectivity index (χ1n) is 9.53. The van der Waals surface area contributed by atoms with Gasteiger partial charge < -0.3 is 10.0 Å². The first kappa shape index (κ1) is 18.3. The number of hydrogen-bond donors (Lipinski definition) is 1. The number of aryl methyl sites for hydroxylation is 2. The monoisotopic (exact) mass is 462 g/mol. The molecule has 0 unspecified atom stereocenters. The van der Waals surface area contributed by atoms with E-state index in [1.807, 2.05) is 0 Å². The average Bonchev–Trinajstić information content (AvgIpc) is 2.64. The first-order chi connectivity index (χ1) is 12.5. The normalized spacial score (nSPS) is 23.8. The van der Waals surface area contributed by atoms with Gasteiger partial charge >= 0.3 is 0 Å². The van der Waals surface area contributed by atoms with Crippen LogP contribution in [0, 0.1) is 17.4 Å². The largest absolute Gasteiger partial charge is 0.391 e. The maximum Gasteiger partial charge on any atom is 0.0739 e. The molecular formula is C22H27IN2O. The Bertz CT molecular complexity index is 799. The van der Waals surface area contributed by atoms with Gasteiger partial charge in [-0.15, -0.1) is 0 Å². The van der Waals surface area contributed by atoms with Gasteiger partial charge in [0.1, 0.15) is 0 Å². The molecule has 2 aliphatic rings. The molecule has 0 saturated carbocycles. The van der Waals surface area contributed by atoms with Gasteiger partial charge in [-0.05, 0) is 83.3 Å². The second kappa shape index (κ2) is 7.49. The summed E-state index contributed by atoms with van der Waals surface area (Å²) >= 11 is 2.38. The van der Waals surface area contributed by atoms with Crippen LogP contribution in [0.5, 0.6) is 0 Å². The Labute approximate surface area is 170 Å². The van der Waals surface area contributed by atoms with Crippen LogP contribution in [0.15, 0.2) is 36.4 Å². The molecule has 26 heavy (non-hydrogen) atoms. The second-order valence-electron chi connectivity index (χ2n) is 7.77. The zero-order chi connectivity index (χ0) is 18.3. The Balaban J connectivity index is 1.45. The van der Waals surface area contributed by atoms with Gasteiger partial charge in [-0.25, -0.2) is 0 Å². The molecule has 2 aromatic rings. The molecule has 3 nitrogen and oxygen atoms in total. The Morgan fingerprint density at radius 3 is 2.46 bits per heavy atom. The maximum absolute atomic E-state index is 10.7. The van der Waals surface area contributed by atoms with Gasteiger partial charge in [0.15, 0.2) is 0 Å². The molecule has 0 radical (unpaired) electrons. The van der Waals surface area contributed by atoms with Crippen molar-refractivity contribution in [1.82, 2.24) is 4.90 Å². The molecule has 0 aromatic heterocycles. The lowest BCUT2D eigenvalue weighted by Crippen LogP contribution is -2.56. The van der Waals surface area contributed by atoms with E-state index in [4.69, 9.17) is 0 Å². The fourth-order valence-electron chi connectivity index (χ4n) is 4.43. The number of hydrogen-bond acceptors (Lipinski definition) is 3. The molecule has 0 amide bonds. The van der Waals surface area contributed by atoms with Crippen molar-refractivity contribution in [3.63, 3.8) is 0 Å². The van der Waals surface area contributed by atoms with Crippen LogP contribution in [-0.4, -0.2) is 48.3 Å². The predicted octanol–water partition coefficient (Wildman–Crippen LogP) is 3.56. The number of aliphatic hydroxyl groups is 1. The summed E-state index contributed by atoms with van der Waals surface area (Å²) in [6.45, 7) is 8.48. The van der Waals surface area contributed by atoms with Crippen LogP contribution in [0.4, 0.5) is 5.69 Å². The van der Waals surface area contributed by atoms with E-state index in [-0.39, 0.29) is 12.1 Å². The number of fused-ring (bicyclic) bond motifs is 1. The van der Waals surface area contributed by atoms with E-state index in [1.54, 1.807) is 0 Å². The van der Waals surface area contributed by atoms with Crippen LogP contribution in [-0.2, 0) is 12.8 Å². The van der Waals surface area contributed by atoms with E-state index in [9.17, 15) is 5.11 Å². The lowest BCUT2D eigenvalue weighted by atomic mass is 9.85. The number of piperazine rings is 1. The van der Waals surface area contributed by atoms with Gasteiger partial charge in [0.05, 0.1) is 6.10 Å². The zero-order valence-corrected chi connectivity index (χ0v) is 17.7. The number of rotatable bonds is 2. The van der Waals surface area contributed by atoms with Crippen LogP contribution in [0.1, 0.15) is 22.3 Å². The molecule has 1 aliphatic carbocycles. The standard InChI is InChI=1S/C22H27IN2O/c1-15-3-4-16(2)20(11-15)24-7-9-25(10-8-24)21-13-18-12-19(23)6-5-17(18)14-22(21)26/h3-6,11-12,21-22,26H,7-10,13-14H2,1-2H3/t21-,22-/m0/s1. The van der Waals surface area contributed by atoms with Crippen molar-refractivity contribution in [2.75, 3.05) is 31.1 Å². The smallest absolute Gasteiger partial charge is 0.0739 e. The SMILES string of the molecule is Cc1ccc(C)c(N2CCN([C@H]3Cc4cc(I)ccc4C[C@@H]3O)CC2)c1. The van der Waals surface area contributed by atoms with Crippen LogP contribution >= 0.6 is 22.6 Å². The topological polar surface area (TPSA) is 26.7 Å². The highest BCUT2D eigenvalue weighted by Gasteiger charge is 2.33. The minimum absolute atomic E-state index is 0.251. The van der Waals surface area contributed by atoms with Crippen molar-refractivity contribution in [3.05, 3.63) is 62.2 Å². The van der Waals surface area contributed by atoms with Gasteiger partial charge in [0, 0.05) is 47.9 Å². The van der Waals surface area contributed by atoms with Gasteiger partial charge in [-0.3, -0.25) is 4.90 Å². The minimum atomic E-state index is -0.255. The predicted molar refractivity (Wildman–Crippen MR) is 116 cm³/mol. The highest BCUT2D eigenvalue weighted by molar-refractivity contribution is 14.1. The number of halogens is 1. The molecule has 1 fully saturated rings. The molecule has 1 heterocycles. The van der Waals surface area contributed by atoms with E-state index in [0.29, 0.717) is 0 Å². The van der Waals surface area contributed by atoms with E-state index in [0.717, 1.165) is 39.0 Å². The molecule has 1 N–H and O–H groups in total. The van der Waals surface area contributed by atoms with Crippen LogP contribution in [0.25, 0.3) is 0 Å². The number of nitrogens with zero attached hydrogens (tertiary/aromatic N) is 2. The van der Waals surface area contributed by atoms with Crippen molar-refractivity contribution in [2.24, 2.45) is 0 Å². The summed E-state index contributed by atoms with van der Waals surface area (Å²) in [5, 5.41) is 10.7. The summed E-state index contributed by atoms with van der Waals surface area (Å²) in [6.07, 6.45) is 1.50. The van der Waals surface area contributed by atoms with Crippen molar-refractivity contribution in [2.45, 2.75) is 38.8 Å². The second-order valence-corrected chi connectivity index (χ2v) is 9.01. The van der Waals surface area contributed by atoms with E-state index < -0.39 is 0 Å². The summed E-state index contributed by atoms with van der Waals surface area (Å²) in [4.78, 5) is 5.01. The minimum Gasteiger partial charge on any atom is -0.391 e. The molecule has 2 aromatic carbocycles. The molecule has 2 atom stereocenters. The van der Waals surface area contributed by atoms with Crippen LogP contribution in [0.3, 0.4) is 0 Å². The van der Waals surface area contributed by atoms with Crippen LogP contribution in [0.2, 0.25) is 0 Å². The molecule has 0 bridgehead atoms. The Hall–Kier alpha value is -1.11. The fraction of sp³-hybridized carbons (Fsp3) is 0.455. The Kier molecular flexibility index (Phi) is 5.26. The highest BCUT2D eigenvalue weighted by Crippen LogP contribution is 2.29. The lowest BCUT2D eigenvalue weighted by Gasteiger charge is -2.44. The molecular weight excluding hydrogens is 435 g/mol. The van der Waals surface area contributed by atoms with E-state index in [1.165, 1.54) is 31.5 Å². The van der Waals surface area contributed by atoms with Crippen molar-refractivity contribution in [1.29, 1.82) is 0 Å². The Morgan fingerprint density at radius 1 is 0.923 bits per heavy atom. The third-order valence-electron chi connectivity index (χ3n) is 5.96. The summed E-state index contributed by atoms with van der Waals surface area (Å²) in [5.41, 5.74) is 6.79. The average molecular weight is 462 g/mol. The third kappa shape index (κ3) is 3.64. The van der Waals surface area contributed by atoms with E-state index >= 15 is 0 Å². The lowest BCUT2D eigenvalue weighted by molar-refractivity contribution is 0.0395. The summed E-state index contributed by atoms with van der Waals surface area (Å²) in [7, 11) is 0. The fourth-order valence-corrected chi connectivity index (χ4v) is 4.99. The summed E-state index contributed by atoms with van der Waals surface area (Å²) in [5.74, 6) is 0. The van der Waals surface area contributed by atoms with Crippen LogP contribution < -0.4 is 4.90 Å². The quantitative estimate of drug-likeness (QED) is 0.692. The number of benzene rings is 2. The molecule has 4 rings (SSSR count). The maximum atomic E-state index is 10.7. The molecule has 138 valence electrons. The first-order valence-corrected chi connectivity index (χ1v) is 10.6. The van der Waals surface area contributed by atoms with Gasteiger partial charge in [0.25, 0.3) is 0 Å². The van der Waals surface area contributed by atoms with Gasteiger partial charge in [0.2, 0.25) is 0 Å². The van der Waals surface area contributed by atoms with E-state index in [2.05, 4.69) is 82.6 Å². The number of anilines is 1. The summed E-state index contributed by atoms with van der Waals surface area (Å²) < 4.78 is 1.29. The molecule has 0 spiro atoms. The number of aliphatic hydroxyl groups excluding tert-OH is 1. The Morgan fingerprint density at radius 2 is 1.69 bits per heavy atom. The van der Waals surface area contributed by atoms with Crippen molar-refractivity contribution >= 4 is 28.3 Å². The molecule has 1 aliphatic heterocycles. The highest BCUT2D eigenvalue weighted by atomic mass is 127. The summed E-state index contributed by atoms with van der Waals surface area (Å²) in [6, 6.07) is 13.6. The zero-order valence-electron chi connectivity index (χ0n) is 15.6. The third-order valence-corrected chi connectivity index (χ3v) is 6.63.